The number of nitrogens with one attached hydrogen (secondary N) is 1. The van der Waals surface area contributed by atoms with Crippen LogP contribution in [-0.2, 0) is 11.3 Å². The molecule has 0 radical (unpaired) electrons. The zero-order valence-electron chi connectivity index (χ0n) is 15.6. The Morgan fingerprint density at radius 1 is 1.10 bits per heavy atom. The average molecular weight is 406 g/mol. The minimum Gasteiger partial charge on any atom is -0.406 e. The predicted octanol–water partition coefficient (Wildman–Crippen LogP) is 4.03. The molecule has 1 fully saturated rings. The van der Waals surface area contributed by atoms with E-state index in [0.29, 0.717) is 18.7 Å². The van der Waals surface area contributed by atoms with E-state index in [1.807, 2.05) is 24.3 Å². The van der Waals surface area contributed by atoms with E-state index in [4.69, 9.17) is 5.73 Å². The highest BCUT2D eigenvalue weighted by Gasteiger charge is 2.30. The van der Waals surface area contributed by atoms with Crippen LogP contribution in [0.2, 0.25) is 0 Å². The highest BCUT2D eigenvalue weighted by atomic mass is 19.4. The van der Waals surface area contributed by atoms with Crippen molar-refractivity contribution in [2.45, 2.75) is 32.2 Å². The number of guanidine groups is 1. The third-order valence-electron chi connectivity index (χ3n) is 4.36. The molecular formula is C20H21F3N4O2. The number of nitrogens with two attached hydrogens (primary N) is 1. The maximum atomic E-state index is 12.2. The molecule has 0 bridgehead atoms. The molecule has 3 N–H and O–H groups in total. The number of ether oxygens (including phenoxy) is 1. The van der Waals surface area contributed by atoms with Crippen LogP contribution in [0.1, 0.15) is 24.8 Å². The van der Waals surface area contributed by atoms with E-state index in [1.54, 1.807) is 4.90 Å². The fourth-order valence-corrected chi connectivity index (χ4v) is 2.96. The van der Waals surface area contributed by atoms with Crippen molar-refractivity contribution in [1.82, 2.24) is 0 Å². The highest BCUT2D eigenvalue weighted by Crippen LogP contribution is 2.24. The summed E-state index contributed by atoms with van der Waals surface area (Å²) in [6, 6.07) is 12.7. The molecule has 1 amide bonds. The maximum absolute atomic E-state index is 12.2. The van der Waals surface area contributed by atoms with Crippen LogP contribution in [0.5, 0.6) is 5.75 Å². The number of nitrogens with zero attached hydrogens (tertiary/aromatic N) is 2. The number of aliphatic imine (C=N–C) groups is 1. The topological polar surface area (TPSA) is 80.0 Å². The summed E-state index contributed by atoms with van der Waals surface area (Å²) in [6.45, 7) is 1.06. The molecule has 0 unspecified atom stereocenters. The lowest BCUT2D eigenvalue weighted by Gasteiger charge is -2.26. The van der Waals surface area contributed by atoms with Gasteiger partial charge in [-0.15, -0.1) is 13.2 Å². The van der Waals surface area contributed by atoms with Gasteiger partial charge in [-0.1, -0.05) is 12.1 Å². The van der Waals surface area contributed by atoms with E-state index in [9.17, 15) is 18.0 Å². The summed E-state index contributed by atoms with van der Waals surface area (Å²) >= 11 is 0. The zero-order valence-corrected chi connectivity index (χ0v) is 15.6. The molecule has 6 nitrogen and oxygen atoms in total. The summed E-state index contributed by atoms with van der Waals surface area (Å²) in [6.07, 6.45) is -2.21. The Hall–Kier alpha value is -3.23. The van der Waals surface area contributed by atoms with Gasteiger partial charge in [-0.25, -0.2) is 4.99 Å². The number of anilines is 2. The summed E-state index contributed by atoms with van der Waals surface area (Å²) in [5.74, 6) is -0.0438. The second-order valence-electron chi connectivity index (χ2n) is 6.57. The van der Waals surface area contributed by atoms with Gasteiger partial charge < -0.3 is 20.7 Å². The molecular weight excluding hydrogens is 385 g/mol. The summed E-state index contributed by atoms with van der Waals surface area (Å²) in [5.41, 5.74) is 8.10. The lowest BCUT2D eigenvalue weighted by atomic mass is 10.1. The smallest absolute Gasteiger partial charge is 0.406 e. The molecule has 29 heavy (non-hydrogen) atoms. The van der Waals surface area contributed by atoms with E-state index in [0.717, 1.165) is 30.6 Å². The molecule has 9 heteroatoms. The molecule has 1 aliphatic rings. The van der Waals surface area contributed by atoms with Crippen LogP contribution in [0, 0.1) is 0 Å². The number of piperidine rings is 1. The monoisotopic (exact) mass is 406 g/mol. The number of benzene rings is 2. The summed E-state index contributed by atoms with van der Waals surface area (Å²) in [4.78, 5) is 18.0. The number of hydrogen-bond acceptors (Lipinski definition) is 3. The maximum Gasteiger partial charge on any atom is 0.573 e. The number of amides is 1. The first kappa shape index (κ1) is 20.5. The van der Waals surface area contributed by atoms with Gasteiger partial charge in [0.25, 0.3) is 0 Å². The summed E-state index contributed by atoms with van der Waals surface area (Å²) in [7, 11) is 0. The standard InChI is InChI=1S/C20H21F3N4O2/c21-20(22,23)29-17-10-6-15(7-11-17)26-19(24)25-13-14-4-8-16(9-5-14)27-12-2-1-3-18(27)28/h4-11H,1-3,12-13H2,(H3,24,25,26). The second kappa shape index (κ2) is 8.85. The van der Waals surface area contributed by atoms with E-state index >= 15 is 0 Å². The van der Waals surface area contributed by atoms with Gasteiger partial charge in [0.05, 0.1) is 6.54 Å². The van der Waals surface area contributed by atoms with Crippen LogP contribution in [0.4, 0.5) is 24.5 Å². The number of rotatable bonds is 5. The normalized spacial score (nSPS) is 15.3. The zero-order chi connectivity index (χ0) is 20.9. The lowest BCUT2D eigenvalue weighted by molar-refractivity contribution is -0.274. The van der Waals surface area contributed by atoms with Crippen LogP contribution in [0.3, 0.4) is 0 Å². The molecule has 1 aliphatic heterocycles. The summed E-state index contributed by atoms with van der Waals surface area (Å²) < 4.78 is 40.3. The van der Waals surface area contributed by atoms with Gasteiger partial charge in [-0.05, 0) is 54.8 Å². The van der Waals surface area contributed by atoms with Crippen LogP contribution >= 0.6 is 0 Å². The minimum absolute atomic E-state index is 0.129. The van der Waals surface area contributed by atoms with Crippen molar-refractivity contribution in [3.8, 4) is 5.75 Å². The van der Waals surface area contributed by atoms with Crippen molar-refractivity contribution >= 4 is 23.2 Å². The van der Waals surface area contributed by atoms with Crippen LogP contribution in [-0.4, -0.2) is 24.8 Å². The lowest BCUT2D eigenvalue weighted by Crippen LogP contribution is -2.35. The molecule has 3 rings (SSSR count). The second-order valence-corrected chi connectivity index (χ2v) is 6.57. The van der Waals surface area contributed by atoms with Gasteiger partial charge in [-0.3, -0.25) is 4.79 Å². The van der Waals surface area contributed by atoms with Gasteiger partial charge in [0.2, 0.25) is 5.91 Å². The van der Waals surface area contributed by atoms with Crippen molar-refractivity contribution in [3.63, 3.8) is 0 Å². The molecule has 2 aromatic carbocycles. The average Bonchev–Trinajstić information content (AvgIpc) is 2.68. The Morgan fingerprint density at radius 3 is 2.41 bits per heavy atom. The Balaban J connectivity index is 1.55. The largest absolute Gasteiger partial charge is 0.573 e. The third kappa shape index (κ3) is 6.13. The molecule has 1 saturated heterocycles. The van der Waals surface area contributed by atoms with E-state index in [-0.39, 0.29) is 17.6 Å². The van der Waals surface area contributed by atoms with Crippen LogP contribution < -0.4 is 20.7 Å². The fraction of sp³-hybridized carbons (Fsp3) is 0.300. The fourth-order valence-electron chi connectivity index (χ4n) is 2.96. The van der Waals surface area contributed by atoms with Gasteiger partial charge in [0.15, 0.2) is 5.96 Å². The number of alkyl halides is 3. The highest BCUT2D eigenvalue weighted by molar-refractivity contribution is 5.94. The minimum atomic E-state index is -4.73. The Bertz CT molecular complexity index is 865. The van der Waals surface area contributed by atoms with Crippen molar-refractivity contribution in [2.24, 2.45) is 10.7 Å². The molecule has 2 aromatic rings. The quantitative estimate of drug-likeness (QED) is 0.580. The van der Waals surface area contributed by atoms with Crippen LogP contribution in [0.25, 0.3) is 0 Å². The van der Waals surface area contributed by atoms with Crippen molar-refractivity contribution in [2.75, 3.05) is 16.8 Å². The van der Waals surface area contributed by atoms with Crippen molar-refractivity contribution < 1.29 is 22.7 Å². The summed E-state index contributed by atoms with van der Waals surface area (Å²) in [5, 5.41) is 2.81. The number of halogens is 3. The molecule has 0 aliphatic carbocycles. The number of hydrogen-bond donors (Lipinski definition) is 2. The van der Waals surface area contributed by atoms with Gasteiger partial charge in [0.1, 0.15) is 5.75 Å². The molecule has 0 spiro atoms. The van der Waals surface area contributed by atoms with E-state index in [1.165, 1.54) is 24.3 Å². The SMILES string of the molecule is NC(=NCc1ccc(N2CCCCC2=O)cc1)Nc1ccc(OC(F)(F)F)cc1. The Labute approximate surface area is 166 Å². The van der Waals surface area contributed by atoms with Gasteiger partial charge in [-0.2, -0.15) is 0 Å². The van der Waals surface area contributed by atoms with E-state index in [2.05, 4.69) is 15.0 Å². The Kier molecular flexibility index (Phi) is 6.26. The molecule has 1 heterocycles. The number of carbonyl (C=O) groups is 1. The molecule has 0 saturated carbocycles. The van der Waals surface area contributed by atoms with Crippen molar-refractivity contribution in [1.29, 1.82) is 0 Å². The molecule has 0 atom stereocenters. The third-order valence-corrected chi connectivity index (χ3v) is 4.36. The van der Waals surface area contributed by atoms with Gasteiger partial charge in [0, 0.05) is 24.3 Å². The first-order valence-corrected chi connectivity index (χ1v) is 9.12. The molecule has 154 valence electrons. The number of carbonyl (C=O) groups excluding carboxylic acids is 1. The van der Waals surface area contributed by atoms with Gasteiger partial charge >= 0.3 is 6.36 Å². The van der Waals surface area contributed by atoms with Crippen molar-refractivity contribution in [3.05, 3.63) is 54.1 Å². The molecule has 0 aromatic heterocycles. The Morgan fingerprint density at radius 2 is 1.79 bits per heavy atom. The van der Waals surface area contributed by atoms with Crippen LogP contribution in [0.15, 0.2) is 53.5 Å². The first-order valence-electron chi connectivity index (χ1n) is 9.12. The first-order chi connectivity index (χ1) is 13.8. The van der Waals surface area contributed by atoms with E-state index < -0.39 is 6.36 Å². The predicted molar refractivity (Wildman–Crippen MR) is 105 cm³/mol.